The average Bonchev–Trinajstić information content (AvgIpc) is 3.36. The summed E-state index contributed by atoms with van der Waals surface area (Å²) in [5, 5.41) is 6.00. The highest BCUT2D eigenvalue weighted by atomic mass is 32.1. The van der Waals surface area contributed by atoms with Gasteiger partial charge in [0.15, 0.2) is 10.9 Å². The molecule has 0 atom stereocenters. The molecule has 2 N–H and O–H groups in total. The molecule has 4 aromatic rings. The van der Waals surface area contributed by atoms with E-state index in [0.29, 0.717) is 10.8 Å². The molecule has 0 saturated heterocycles. The molecular formula is C21H15N3O3S. The summed E-state index contributed by atoms with van der Waals surface area (Å²) in [6.07, 6.45) is 4.68. The van der Waals surface area contributed by atoms with E-state index in [2.05, 4.69) is 15.6 Å². The Labute approximate surface area is 164 Å². The number of aromatic nitrogens is 1. The van der Waals surface area contributed by atoms with Crippen molar-refractivity contribution >= 4 is 50.3 Å². The molecule has 0 saturated carbocycles. The molecule has 0 aliphatic carbocycles. The number of furan rings is 1. The molecule has 138 valence electrons. The predicted molar refractivity (Wildman–Crippen MR) is 110 cm³/mol. The number of amides is 2. The molecule has 0 aliphatic rings. The number of thiazole rings is 1. The van der Waals surface area contributed by atoms with Gasteiger partial charge in [0.05, 0.1) is 16.5 Å². The molecule has 0 aliphatic heterocycles. The Morgan fingerprint density at radius 2 is 1.86 bits per heavy atom. The first-order chi connectivity index (χ1) is 13.7. The van der Waals surface area contributed by atoms with Crippen molar-refractivity contribution in [3.63, 3.8) is 0 Å². The number of carbonyl (C=O) groups excluding carboxylic acids is 2. The van der Waals surface area contributed by atoms with Gasteiger partial charge in [-0.15, -0.1) is 0 Å². The van der Waals surface area contributed by atoms with E-state index >= 15 is 0 Å². The van der Waals surface area contributed by atoms with Gasteiger partial charge in [0.25, 0.3) is 5.91 Å². The van der Waals surface area contributed by atoms with Gasteiger partial charge in [0.1, 0.15) is 0 Å². The number of carbonyl (C=O) groups is 2. The van der Waals surface area contributed by atoms with Crippen LogP contribution in [-0.4, -0.2) is 16.8 Å². The molecule has 2 amide bonds. The monoisotopic (exact) mass is 389 g/mol. The molecule has 2 aromatic carbocycles. The highest BCUT2D eigenvalue weighted by molar-refractivity contribution is 7.22. The highest BCUT2D eigenvalue weighted by Gasteiger charge is 2.12. The van der Waals surface area contributed by atoms with E-state index in [9.17, 15) is 9.59 Å². The van der Waals surface area contributed by atoms with Crippen LogP contribution in [0.5, 0.6) is 0 Å². The van der Waals surface area contributed by atoms with E-state index in [0.717, 1.165) is 15.8 Å². The summed E-state index contributed by atoms with van der Waals surface area (Å²) in [4.78, 5) is 28.6. The largest absolute Gasteiger partial charge is 0.459 e. The van der Waals surface area contributed by atoms with Gasteiger partial charge in [-0.25, -0.2) is 4.98 Å². The maximum atomic E-state index is 12.1. The van der Waals surface area contributed by atoms with Gasteiger partial charge in [-0.05, 0) is 42.0 Å². The average molecular weight is 389 g/mol. The van der Waals surface area contributed by atoms with E-state index in [1.54, 1.807) is 30.3 Å². The van der Waals surface area contributed by atoms with Crippen LogP contribution in [0.4, 0.5) is 10.8 Å². The van der Waals surface area contributed by atoms with Gasteiger partial charge in [-0.2, -0.15) is 0 Å². The minimum atomic E-state index is -0.358. The summed E-state index contributed by atoms with van der Waals surface area (Å²) in [5.41, 5.74) is 2.34. The summed E-state index contributed by atoms with van der Waals surface area (Å²) in [5.74, 6) is -0.361. The molecule has 6 nitrogen and oxygen atoms in total. The summed E-state index contributed by atoms with van der Waals surface area (Å²) >= 11 is 1.32. The molecule has 0 unspecified atom stereocenters. The van der Waals surface area contributed by atoms with Gasteiger partial charge in [0.2, 0.25) is 5.91 Å². The van der Waals surface area contributed by atoms with Crippen molar-refractivity contribution in [2.75, 3.05) is 10.6 Å². The zero-order valence-corrected chi connectivity index (χ0v) is 15.4. The number of rotatable bonds is 5. The first kappa shape index (κ1) is 17.7. The molecule has 0 spiro atoms. The third kappa shape index (κ3) is 4.16. The van der Waals surface area contributed by atoms with Crippen LogP contribution < -0.4 is 10.6 Å². The van der Waals surface area contributed by atoms with Crippen molar-refractivity contribution in [2.45, 2.75) is 0 Å². The summed E-state index contributed by atoms with van der Waals surface area (Å²) in [6.45, 7) is 0. The first-order valence-electron chi connectivity index (χ1n) is 8.47. The summed E-state index contributed by atoms with van der Waals surface area (Å²) in [6, 6.07) is 18.2. The van der Waals surface area contributed by atoms with Crippen LogP contribution >= 0.6 is 11.3 Å². The number of nitrogens with one attached hydrogen (secondary N) is 2. The Kier molecular flexibility index (Phi) is 4.99. The summed E-state index contributed by atoms with van der Waals surface area (Å²) < 4.78 is 5.92. The van der Waals surface area contributed by atoms with Crippen LogP contribution in [0.25, 0.3) is 16.3 Å². The number of benzene rings is 2. The fourth-order valence-electron chi connectivity index (χ4n) is 2.54. The Balaban J connectivity index is 1.45. The van der Waals surface area contributed by atoms with Crippen LogP contribution in [0.1, 0.15) is 16.1 Å². The van der Waals surface area contributed by atoms with Gasteiger partial charge in [-0.1, -0.05) is 41.7 Å². The number of hydrogen-bond acceptors (Lipinski definition) is 5. The second kappa shape index (κ2) is 7.89. The second-order valence-electron chi connectivity index (χ2n) is 5.87. The predicted octanol–water partition coefficient (Wildman–Crippen LogP) is 4.79. The van der Waals surface area contributed by atoms with Crippen LogP contribution in [0.3, 0.4) is 0 Å². The lowest BCUT2D eigenvalue weighted by atomic mass is 10.2. The van der Waals surface area contributed by atoms with Gasteiger partial charge < -0.3 is 9.73 Å². The van der Waals surface area contributed by atoms with Crippen molar-refractivity contribution in [3.05, 3.63) is 84.3 Å². The van der Waals surface area contributed by atoms with Gasteiger partial charge in [-0.3, -0.25) is 14.9 Å². The molecule has 0 radical (unpaired) electrons. The molecule has 28 heavy (non-hydrogen) atoms. The molecule has 2 aromatic heterocycles. The minimum absolute atomic E-state index is 0.220. The zero-order valence-electron chi connectivity index (χ0n) is 14.6. The van der Waals surface area contributed by atoms with E-state index in [4.69, 9.17) is 4.42 Å². The summed E-state index contributed by atoms with van der Waals surface area (Å²) in [7, 11) is 0. The fraction of sp³-hybridized carbons (Fsp3) is 0. The maximum absolute atomic E-state index is 12.1. The van der Waals surface area contributed by atoms with E-state index in [1.165, 1.54) is 23.7 Å². The molecular weight excluding hydrogens is 374 g/mol. The first-order valence-corrected chi connectivity index (χ1v) is 9.28. The quantitative estimate of drug-likeness (QED) is 0.481. The molecule has 0 bridgehead atoms. The van der Waals surface area contributed by atoms with E-state index < -0.39 is 0 Å². The zero-order chi connectivity index (χ0) is 19.3. The van der Waals surface area contributed by atoms with Crippen molar-refractivity contribution in [1.29, 1.82) is 0 Å². The van der Waals surface area contributed by atoms with E-state index in [1.807, 2.05) is 36.4 Å². The van der Waals surface area contributed by atoms with Gasteiger partial charge in [0, 0.05) is 11.8 Å². The lowest BCUT2D eigenvalue weighted by molar-refractivity contribution is -0.111. The van der Waals surface area contributed by atoms with E-state index in [-0.39, 0.29) is 17.6 Å². The molecule has 0 fully saturated rings. The lowest BCUT2D eigenvalue weighted by Gasteiger charge is -2.01. The number of fused-ring (bicyclic) bond motifs is 1. The fourth-order valence-corrected chi connectivity index (χ4v) is 3.44. The van der Waals surface area contributed by atoms with Crippen molar-refractivity contribution in [2.24, 2.45) is 0 Å². The van der Waals surface area contributed by atoms with Crippen LogP contribution in [0.15, 0.2) is 77.4 Å². The van der Waals surface area contributed by atoms with Crippen LogP contribution in [0.2, 0.25) is 0 Å². The molecule has 4 rings (SSSR count). The molecule has 2 heterocycles. The minimum Gasteiger partial charge on any atom is -0.459 e. The van der Waals surface area contributed by atoms with Gasteiger partial charge >= 0.3 is 0 Å². The molecule has 7 heteroatoms. The lowest BCUT2D eigenvalue weighted by Crippen LogP contribution is -2.10. The Bertz CT molecular complexity index is 1150. The number of hydrogen-bond donors (Lipinski definition) is 2. The maximum Gasteiger partial charge on any atom is 0.293 e. The standard InChI is InChI=1S/C21H15N3O3S/c25-19(11-8-14-5-2-1-3-6-14)22-15-9-10-16-18(13-15)28-21(23-16)24-20(26)17-7-4-12-27-17/h1-13H,(H,22,25)(H,23,24,26)/b11-8+. The smallest absolute Gasteiger partial charge is 0.293 e. The Hall–Kier alpha value is -3.71. The van der Waals surface area contributed by atoms with Crippen LogP contribution in [0, 0.1) is 0 Å². The number of nitrogens with zero attached hydrogens (tertiary/aromatic N) is 1. The Morgan fingerprint density at radius 3 is 2.64 bits per heavy atom. The SMILES string of the molecule is O=C(/C=C/c1ccccc1)Nc1ccc2nc(NC(=O)c3ccco3)sc2c1. The third-order valence-corrected chi connectivity index (χ3v) is 4.78. The second-order valence-corrected chi connectivity index (χ2v) is 6.90. The van der Waals surface area contributed by atoms with Crippen molar-refractivity contribution < 1.29 is 14.0 Å². The normalized spacial score (nSPS) is 11.0. The third-order valence-electron chi connectivity index (χ3n) is 3.85. The van der Waals surface area contributed by atoms with Crippen LogP contribution in [-0.2, 0) is 4.79 Å². The number of anilines is 2. The topological polar surface area (TPSA) is 84.2 Å². The highest BCUT2D eigenvalue weighted by Crippen LogP contribution is 2.28. The van der Waals surface area contributed by atoms with Crippen molar-refractivity contribution in [3.8, 4) is 0 Å². The van der Waals surface area contributed by atoms with Crippen molar-refractivity contribution in [1.82, 2.24) is 4.98 Å². The Morgan fingerprint density at radius 1 is 1.00 bits per heavy atom.